The lowest BCUT2D eigenvalue weighted by atomic mass is 10.0. The molecule has 0 spiro atoms. The first-order valence-electron chi connectivity index (χ1n) is 9.36. The summed E-state index contributed by atoms with van der Waals surface area (Å²) in [5, 5.41) is 9.64. The highest BCUT2D eigenvalue weighted by Gasteiger charge is 2.37. The van der Waals surface area contributed by atoms with Crippen molar-refractivity contribution in [3.05, 3.63) is 58.6 Å². The molecule has 2 heterocycles. The maximum absolute atomic E-state index is 13.0. The molecule has 0 aliphatic carbocycles. The van der Waals surface area contributed by atoms with Crippen molar-refractivity contribution >= 4 is 39.4 Å². The van der Waals surface area contributed by atoms with Crippen LogP contribution in [0, 0.1) is 0 Å². The van der Waals surface area contributed by atoms with Crippen LogP contribution >= 0.6 is 11.6 Å². The van der Waals surface area contributed by atoms with E-state index in [1.54, 1.807) is 17.0 Å². The number of benzene rings is 2. The molecule has 1 amide bonds. The SMILES string of the molecule is O=C(O)c1cccc(S(=O)(=O)N2CCC(N3C(=O)OCc4c(Cl)cccc43)CC2)c1. The molecule has 0 aromatic heterocycles. The largest absolute Gasteiger partial charge is 0.478 e. The Kier molecular flexibility index (Phi) is 5.44. The van der Waals surface area contributed by atoms with E-state index in [0.29, 0.717) is 23.6 Å². The van der Waals surface area contributed by atoms with Gasteiger partial charge in [0.05, 0.1) is 16.1 Å². The summed E-state index contributed by atoms with van der Waals surface area (Å²) in [6.45, 7) is 0.505. The third kappa shape index (κ3) is 3.64. The Balaban J connectivity index is 1.53. The Labute approximate surface area is 178 Å². The molecule has 2 aromatic carbocycles. The van der Waals surface area contributed by atoms with E-state index in [9.17, 15) is 18.0 Å². The monoisotopic (exact) mass is 450 g/mol. The van der Waals surface area contributed by atoms with Crippen molar-refractivity contribution in [3.8, 4) is 0 Å². The van der Waals surface area contributed by atoms with Crippen LogP contribution in [0.15, 0.2) is 47.4 Å². The summed E-state index contributed by atoms with van der Waals surface area (Å²) in [7, 11) is -3.84. The van der Waals surface area contributed by atoms with Crippen molar-refractivity contribution in [3.63, 3.8) is 0 Å². The number of piperidine rings is 1. The summed E-state index contributed by atoms with van der Waals surface area (Å²) >= 11 is 6.23. The predicted octanol–water partition coefficient (Wildman–Crippen LogP) is 3.35. The minimum atomic E-state index is -3.84. The maximum Gasteiger partial charge on any atom is 0.414 e. The number of amides is 1. The van der Waals surface area contributed by atoms with Crippen LogP contribution < -0.4 is 4.90 Å². The van der Waals surface area contributed by atoms with E-state index in [-0.39, 0.29) is 36.2 Å². The minimum absolute atomic E-state index is 0.0599. The third-order valence-corrected chi connectivity index (χ3v) is 7.65. The highest BCUT2D eigenvalue weighted by molar-refractivity contribution is 7.89. The highest BCUT2D eigenvalue weighted by Crippen LogP contribution is 2.36. The second kappa shape index (κ2) is 7.90. The Hall–Kier alpha value is -2.62. The van der Waals surface area contributed by atoms with Gasteiger partial charge < -0.3 is 9.84 Å². The highest BCUT2D eigenvalue weighted by atomic mass is 35.5. The van der Waals surface area contributed by atoms with Gasteiger partial charge in [-0.15, -0.1) is 0 Å². The number of carboxylic acid groups (broad SMARTS) is 1. The molecule has 1 fully saturated rings. The Morgan fingerprint density at radius 2 is 1.83 bits per heavy atom. The number of carbonyl (C=O) groups is 2. The number of fused-ring (bicyclic) bond motifs is 1. The van der Waals surface area contributed by atoms with E-state index < -0.39 is 22.1 Å². The molecule has 2 aliphatic heterocycles. The smallest absolute Gasteiger partial charge is 0.414 e. The topological polar surface area (TPSA) is 104 Å². The number of hydrogen-bond donors (Lipinski definition) is 1. The van der Waals surface area contributed by atoms with Gasteiger partial charge in [0.2, 0.25) is 10.0 Å². The van der Waals surface area contributed by atoms with Gasteiger partial charge in [-0.25, -0.2) is 18.0 Å². The van der Waals surface area contributed by atoms with E-state index in [1.165, 1.54) is 22.5 Å². The van der Waals surface area contributed by atoms with E-state index in [2.05, 4.69) is 0 Å². The van der Waals surface area contributed by atoms with Crippen molar-refractivity contribution in [1.82, 2.24) is 4.31 Å². The number of hydrogen-bond acceptors (Lipinski definition) is 5. The van der Waals surface area contributed by atoms with Gasteiger partial charge in [-0.2, -0.15) is 4.31 Å². The fourth-order valence-electron chi connectivity index (χ4n) is 3.84. The molecule has 0 radical (unpaired) electrons. The first kappa shape index (κ1) is 20.6. The molecule has 0 bridgehead atoms. The molecule has 30 heavy (non-hydrogen) atoms. The number of ether oxygens (including phenoxy) is 1. The Morgan fingerprint density at radius 3 is 2.53 bits per heavy atom. The van der Waals surface area contributed by atoms with Gasteiger partial charge in [0.25, 0.3) is 0 Å². The lowest BCUT2D eigenvalue weighted by molar-refractivity contribution is 0.0696. The number of anilines is 1. The molecule has 0 saturated carbocycles. The van der Waals surface area contributed by atoms with E-state index in [0.717, 1.165) is 11.6 Å². The Morgan fingerprint density at radius 1 is 1.13 bits per heavy atom. The summed E-state index contributed by atoms with van der Waals surface area (Å²) < 4.78 is 32.5. The Bertz CT molecular complexity index is 1110. The number of sulfonamides is 1. The summed E-state index contributed by atoms with van der Waals surface area (Å²) in [4.78, 5) is 25.1. The normalized spacial score (nSPS) is 18.0. The predicted molar refractivity (Wildman–Crippen MR) is 109 cm³/mol. The van der Waals surface area contributed by atoms with Crippen molar-refractivity contribution < 1.29 is 27.9 Å². The summed E-state index contributed by atoms with van der Waals surface area (Å²) in [5.41, 5.74) is 1.34. The lowest BCUT2D eigenvalue weighted by Gasteiger charge is -2.40. The number of aromatic carboxylic acids is 1. The van der Waals surface area contributed by atoms with Gasteiger partial charge in [0.15, 0.2) is 0 Å². The van der Waals surface area contributed by atoms with Crippen molar-refractivity contribution in [1.29, 1.82) is 0 Å². The van der Waals surface area contributed by atoms with Gasteiger partial charge in [0, 0.05) is 29.7 Å². The number of halogens is 1. The molecule has 158 valence electrons. The van der Waals surface area contributed by atoms with Crippen LogP contribution in [-0.4, -0.2) is 49.0 Å². The number of nitrogens with zero attached hydrogens (tertiary/aromatic N) is 2. The molecule has 1 N–H and O–H groups in total. The van der Waals surface area contributed by atoms with Crippen LogP contribution in [0.2, 0.25) is 5.02 Å². The number of carboxylic acids is 1. The summed E-state index contributed by atoms with van der Waals surface area (Å²) in [6, 6.07) is 10.4. The van der Waals surface area contributed by atoms with Crippen LogP contribution in [0.1, 0.15) is 28.8 Å². The third-order valence-electron chi connectivity index (χ3n) is 5.40. The second-order valence-corrected chi connectivity index (χ2v) is 9.48. The lowest BCUT2D eigenvalue weighted by Crippen LogP contribution is -2.50. The molecule has 2 aromatic rings. The first-order chi connectivity index (χ1) is 14.3. The van der Waals surface area contributed by atoms with Gasteiger partial charge in [-0.05, 0) is 43.2 Å². The minimum Gasteiger partial charge on any atom is -0.478 e. The van der Waals surface area contributed by atoms with Crippen LogP contribution in [0.5, 0.6) is 0 Å². The average molecular weight is 451 g/mol. The second-order valence-electron chi connectivity index (χ2n) is 7.13. The summed E-state index contributed by atoms with van der Waals surface area (Å²) in [6.07, 6.45) is 0.359. The van der Waals surface area contributed by atoms with E-state index in [1.807, 2.05) is 6.07 Å². The fourth-order valence-corrected chi connectivity index (χ4v) is 5.58. The van der Waals surface area contributed by atoms with Gasteiger partial charge in [-0.3, -0.25) is 4.90 Å². The zero-order valence-electron chi connectivity index (χ0n) is 15.8. The van der Waals surface area contributed by atoms with Crippen LogP contribution in [-0.2, 0) is 21.4 Å². The number of carbonyl (C=O) groups excluding carboxylic acids is 1. The zero-order chi connectivity index (χ0) is 21.5. The molecule has 2 aliphatic rings. The first-order valence-corrected chi connectivity index (χ1v) is 11.2. The van der Waals surface area contributed by atoms with E-state index in [4.69, 9.17) is 21.4 Å². The molecule has 0 unspecified atom stereocenters. The molecule has 1 saturated heterocycles. The van der Waals surface area contributed by atoms with Gasteiger partial charge in [-0.1, -0.05) is 23.7 Å². The molecule has 8 nitrogen and oxygen atoms in total. The van der Waals surface area contributed by atoms with Crippen molar-refractivity contribution in [2.45, 2.75) is 30.4 Å². The van der Waals surface area contributed by atoms with E-state index >= 15 is 0 Å². The zero-order valence-corrected chi connectivity index (χ0v) is 17.4. The number of rotatable bonds is 4. The number of cyclic esters (lactones) is 1. The maximum atomic E-state index is 13.0. The van der Waals surface area contributed by atoms with Crippen molar-refractivity contribution in [2.75, 3.05) is 18.0 Å². The van der Waals surface area contributed by atoms with Gasteiger partial charge >= 0.3 is 12.1 Å². The molecule has 0 atom stereocenters. The fraction of sp³-hybridized carbons (Fsp3) is 0.300. The summed E-state index contributed by atoms with van der Waals surface area (Å²) in [5.74, 6) is -1.19. The van der Waals surface area contributed by atoms with Crippen LogP contribution in [0.25, 0.3) is 0 Å². The molecular weight excluding hydrogens is 432 g/mol. The standard InChI is InChI=1S/C20H19ClN2O6S/c21-17-5-2-6-18-16(17)12-29-20(26)23(18)14-7-9-22(10-8-14)30(27,28)15-4-1-3-13(11-15)19(24)25/h1-6,11,14H,7-10,12H2,(H,24,25). The quantitative estimate of drug-likeness (QED) is 0.766. The van der Waals surface area contributed by atoms with Crippen molar-refractivity contribution in [2.24, 2.45) is 0 Å². The molecular formula is C20H19ClN2O6S. The van der Waals surface area contributed by atoms with Crippen LogP contribution in [0.4, 0.5) is 10.5 Å². The average Bonchev–Trinajstić information content (AvgIpc) is 2.74. The van der Waals surface area contributed by atoms with Gasteiger partial charge in [0.1, 0.15) is 6.61 Å². The van der Waals surface area contributed by atoms with Crippen LogP contribution in [0.3, 0.4) is 0 Å². The molecule has 4 rings (SSSR count). The molecule has 10 heteroatoms.